The Balaban J connectivity index is 0.000000980. The molecule has 1 heterocycles. The Bertz CT molecular complexity index is 466. The van der Waals surface area contributed by atoms with E-state index in [1.165, 1.54) is 5.56 Å². The van der Waals surface area contributed by atoms with E-state index < -0.39 is 0 Å². The fourth-order valence-corrected chi connectivity index (χ4v) is 1.73. The van der Waals surface area contributed by atoms with E-state index in [2.05, 4.69) is 18.0 Å². The van der Waals surface area contributed by atoms with Crippen molar-refractivity contribution in [3.63, 3.8) is 0 Å². The lowest BCUT2D eigenvalue weighted by Gasteiger charge is -2.02. The van der Waals surface area contributed by atoms with Crippen LogP contribution in [-0.2, 0) is 0 Å². The van der Waals surface area contributed by atoms with Gasteiger partial charge in [-0.05, 0) is 32.0 Å². The SMILES string of the molecule is Cc1ccc2nc(C)cc(Cl)c2c1.Cl. The molecule has 0 aliphatic carbocycles. The second-order valence-corrected chi connectivity index (χ2v) is 3.67. The summed E-state index contributed by atoms with van der Waals surface area (Å²) >= 11 is 6.09. The van der Waals surface area contributed by atoms with Crippen LogP contribution >= 0.6 is 24.0 Å². The molecule has 0 spiro atoms. The molecule has 0 N–H and O–H groups in total. The summed E-state index contributed by atoms with van der Waals surface area (Å²) in [7, 11) is 0. The summed E-state index contributed by atoms with van der Waals surface area (Å²) in [4.78, 5) is 4.39. The van der Waals surface area contributed by atoms with Gasteiger partial charge in [0.25, 0.3) is 0 Å². The van der Waals surface area contributed by atoms with Gasteiger partial charge in [-0.3, -0.25) is 4.98 Å². The second-order valence-electron chi connectivity index (χ2n) is 3.27. The lowest BCUT2D eigenvalue weighted by Crippen LogP contribution is -1.85. The first-order valence-electron chi connectivity index (χ1n) is 4.20. The number of pyridine rings is 1. The van der Waals surface area contributed by atoms with Gasteiger partial charge in [-0.1, -0.05) is 23.2 Å². The molecule has 0 saturated heterocycles. The highest BCUT2D eigenvalue weighted by Crippen LogP contribution is 2.23. The normalized spacial score (nSPS) is 9.93. The van der Waals surface area contributed by atoms with Crippen molar-refractivity contribution >= 4 is 34.9 Å². The fraction of sp³-hybridized carbons (Fsp3) is 0.182. The highest BCUT2D eigenvalue weighted by atomic mass is 35.5. The summed E-state index contributed by atoms with van der Waals surface area (Å²) in [6, 6.07) is 8.00. The minimum atomic E-state index is 0. The molecule has 0 saturated carbocycles. The summed E-state index contributed by atoms with van der Waals surface area (Å²) < 4.78 is 0. The van der Waals surface area contributed by atoms with Crippen LogP contribution in [0.25, 0.3) is 10.9 Å². The summed E-state index contributed by atoms with van der Waals surface area (Å²) in [5.41, 5.74) is 3.14. The van der Waals surface area contributed by atoms with Gasteiger partial charge in [0.15, 0.2) is 0 Å². The minimum Gasteiger partial charge on any atom is -0.253 e. The molecule has 0 fully saturated rings. The zero-order chi connectivity index (χ0) is 9.42. The summed E-state index contributed by atoms with van der Waals surface area (Å²) in [6.07, 6.45) is 0. The monoisotopic (exact) mass is 227 g/mol. The minimum absolute atomic E-state index is 0. The summed E-state index contributed by atoms with van der Waals surface area (Å²) in [6.45, 7) is 4.00. The molecule has 2 rings (SSSR count). The third-order valence-electron chi connectivity index (χ3n) is 2.04. The number of hydrogen-bond acceptors (Lipinski definition) is 1. The molecule has 0 bridgehead atoms. The molecule has 1 nitrogen and oxygen atoms in total. The molecule has 0 aliphatic heterocycles. The number of nitrogens with zero attached hydrogens (tertiary/aromatic N) is 1. The molecule has 1 aromatic carbocycles. The van der Waals surface area contributed by atoms with Gasteiger partial charge in [-0.15, -0.1) is 12.4 Å². The Kier molecular flexibility index (Phi) is 3.35. The Morgan fingerprint density at radius 1 is 1.14 bits per heavy atom. The molecule has 2 aromatic rings. The van der Waals surface area contributed by atoms with Crippen LogP contribution in [0.15, 0.2) is 24.3 Å². The molecular weight excluding hydrogens is 217 g/mol. The highest BCUT2D eigenvalue weighted by molar-refractivity contribution is 6.35. The standard InChI is InChI=1S/C11H10ClN.ClH/c1-7-3-4-11-9(5-7)10(12)6-8(2)13-11;/h3-6H,1-2H3;1H. The van der Waals surface area contributed by atoms with Crippen molar-refractivity contribution in [1.29, 1.82) is 0 Å². The first-order chi connectivity index (χ1) is 6.16. The van der Waals surface area contributed by atoms with Crippen molar-refractivity contribution in [2.45, 2.75) is 13.8 Å². The van der Waals surface area contributed by atoms with Crippen LogP contribution in [0.1, 0.15) is 11.3 Å². The number of hydrogen-bond donors (Lipinski definition) is 0. The van der Waals surface area contributed by atoms with Crippen molar-refractivity contribution in [1.82, 2.24) is 4.98 Å². The average molecular weight is 228 g/mol. The number of aromatic nitrogens is 1. The zero-order valence-electron chi connectivity index (χ0n) is 8.04. The summed E-state index contributed by atoms with van der Waals surface area (Å²) in [5, 5.41) is 1.82. The van der Waals surface area contributed by atoms with Gasteiger partial charge in [0.2, 0.25) is 0 Å². The Morgan fingerprint density at radius 2 is 1.86 bits per heavy atom. The molecule has 1 aromatic heterocycles. The lowest BCUT2D eigenvalue weighted by molar-refractivity contribution is 1.25. The van der Waals surface area contributed by atoms with Crippen molar-refractivity contribution in [3.8, 4) is 0 Å². The van der Waals surface area contributed by atoms with Crippen LogP contribution in [0, 0.1) is 13.8 Å². The lowest BCUT2D eigenvalue weighted by atomic mass is 10.1. The van der Waals surface area contributed by atoms with Crippen molar-refractivity contribution in [2.75, 3.05) is 0 Å². The van der Waals surface area contributed by atoms with Gasteiger partial charge in [0.05, 0.1) is 10.5 Å². The van der Waals surface area contributed by atoms with Gasteiger partial charge in [-0.2, -0.15) is 0 Å². The Hall–Kier alpha value is -0.790. The van der Waals surface area contributed by atoms with Gasteiger partial charge in [0.1, 0.15) is 0 Å². The number of halogens is 2. The van der Waals surface area contributed by atoms with Crippen molar-refractivity contribution in [2.24, 2.45) is 0 Å². The molecule has 0 unspecified atom stereocenters. The maximum atomic E-state index is 6.09. The van der Waals surface area contributed by atoms with E-state index in [9.17, 15) is 0 Å². The van der Waals surface area contributed by atoms with E-state index in [1.807, 2.05) is 25.1 Å². The first kappa shape index (κ1) is 11.3. The Labute approximate surface area is 94.5 Å². The van der Waals surface area contributed by atoms with Crippen LogP contribution in [-0.4, -0.2) is 4.98 Å². The molecule has 74 valence electrons. The largest absolute Gasteiger partial charge is 0.253 e. The molecule has 0 radical (unpaired) electrons. The predicted octanol–water partition coefficient (Wildman–Crippen LogP) is 3.93. The number of aryl methyl sites for hydroxylation is 2. The third-order valence-corrected chi connectivity index (χ3v) is 2.35. The molecular formula is C11H11Cl2N. The highest BCUT2D eigenvalue weighted by Gasteiger charge is 2.01. The van der Waals surface area contributed by atoms with E-state index >= 15 is 0 Å². The van der Waals surface area contributed by atoms with Gasteiger partial charge >= 0.3 is 0 Å². The van der Waals surface area contributed by atoms with Gasteiger partial charge in [-0.25, -0.2) is 0 Å². The molecule has 0 aliphatic rings. The van der Waals surface area contributed by atoms with E-state index in [0.717, 1.165) is 21.6 Å². The van der Waals surface area contributed by atoms with Crippen LogP contribution in [0.5, 0.6) is 0 Å². The van der Waals surface area contributed by atoms with Crippen molar-refractivity contribution < 1.29 is 0 Å². The van der Waals surface area contributed by atoms with E-state index in [1.54, 1.807) is 0 Å². The van der Waals surface area contributed by atoms with Crippen LogP contribution < -0.4 is 0 Å². The molecule has 3 heteroatoms. The maximum Gasteiger partial charge on any atom is 0.0720 e. The smallest absolute Gasteiger partial charge is 0.0720 e. The van der Waals surface area contributed by atoms with Gasteiger partial charge in [0, 0.05) is 11.1 Å². The topological polar surface area (TPSA) is 12.9 Å². The summed E-state index contributed by atoms with van der Waals surface area (Å²) in [5.74, 6) is 0. The van der Waals surface area contributed by atoms with Gasteiger partial charge < -0.3 is 0 Å². The van der Waals surface area contributed by atoms with Crippen LogP contribution in [0.4, 0.5) is 0 Å². The number of benzene rings is 1. The molecule has 14 heavy (non-hydrogen) atoms. The van der Waals surface area contributed by atoms with Crippen LogP contribution in [0.2, 0.25) is 5.02 Å². The van der Waals surface area contributed by atoms with Crippen molar-refractivity contribution in [3.05, 3.63) is 40.5 Å². The zero-order valence-corrected chi connectivity index (χ0v) is 9.62. The van der Waals surface area contributed by atoms with E-state index in [0.29, 0.717) is 0 Å². The van der Waals surface area contributed by atoms with Crippen LogP contribution in [0.3, 0.4) is 0 Å². The molecule has 0 atom stereocenters. The second kappa shape index (κ2) is 4.16. The number of rotatable bonds is 0. The average Bonchev–Trinajstić information content (AvgIpc) is 2.06. The number of fused-ring (bicyclic) bond motifs is 1. The van der Waals surface area contributed by atoms with E-state index in [-0.39, 0.29) is 12.4 Å². The third kappa shape index (κ3) is 1.99. The first-order valence-corrected chi connectivity index (χ1v) is 4.58. The maximum absolute atomic E-state index is 6.09. The Morgan fingerprint density at radius 3 is 2.57 bits per heavy atom. The molecule has 0 amide bonds. The predicted molar refractivity (Wildman–Crippen MR) is 63.5 cm³/mol. The fourth-order valence-electron chi connectivity index (χ4n) is 1.42. The van der Waals surface area contributed by atoms with E-state index in [4.69, 9.17) is 11.6 Å². The quantitative estimate of drug-likeness (QED) is 0.665.